The third-order valence-corrected chi connectivity index (χ3v) is 3.84. The van der Waals surface area contributed by atoms with E-state index in [4.69, 9.17) is 12.2 Å². The van der Waals surface area contributed by atoms with Crippen LogP contribution in [0.25, 0.3) is 0 Å². The Morgan fingerprint density at radius 1 is 1.05 bits per heavy atom. The Kier molecular flexibility index (Phi) is 5.28. The summed E-state index contributed by atoms with van der Waals surface area (Å²) in [6.45, 7) is 8.30. The average molecular weight is 311 g/mol. The second-order valence-corrected chi connectivity index (χ2v) is 5.84. The van der Waals surface area contributed by atoms with Gasteiger partial charge in [-0.05, 0) is 68.2 Å². The van der Waals surface area contributed by atoms with E-state index in [-0.39, 0.29) is 0 Å². The molecule has 2 aromatic carbocycles. The highest BCUT2D eigenvalue weighted by Gasteiger charge is 2.02. The third-order valence-electron chi connectivity index (χ3n) is 3.65. The van der Waals surface area contributed by atoms with E-state index < -0.39 is 0 Å². The predicted molar refractivity (Wildman–Crippen MR) is 98.8 cm³/mol. The first-order valence-corrected chi connectivity index (χ1v) is 7.61. The Hall–Kier alpha value is -2.20. The first kappa shape index (κ1) is 16.2. The van der Waals surface area contributed by atoms with Crippen molar-refractivity contribution in [3.8, 4) is 0 Å². The summed E-state index contributed by atoms with van der Waals surface area (Å²) in [5, 5.41) is 7.85. The van der Waals surface area contributed by atoms with E-state index in [9.17, 15) is 0 Å². The number of nitrogens with zero attached hydrogens (tertiary/aromatic N) is 1. The molecular weight excluding hydrogens is 290 g/mol. The highest BCUT2D eigenvalue weighted by atomic mass is 32.1. The maximum atomic E-state index is 5.27. The molecule has 0 aliphatic rings. The molecular formula is C18H21N3S. The van der Waals surface area contributed by atoms with Crippen molar-refractivity contribution in [2.24, 2.45) is 5.10 Å². The number of rotatable bonds is 3. The van der Waals surface area contributed by atoms with E-state index >= 15 is 0 Å². The van der Waals surface area contributed by atoms with E-state index in [1.807, 2.05) is 12.1 Å². The zero-order valence-electron chi connectivity index (χ0n) is 13.4. The molecule has 0 amide bonds. The summed E-state index contributed by atoms with van der Waals surface area (Å²) < 4.78 is 0. The molecule has 2 N–H and O–H groups in total. The smallest absolute Gasteiger partial charge is 0.191 e. The van der Waals surface area contributed by atoms with Crippen molar-refractivity contribution < 1.29 is 0 Å². The van der Waals surface area contributed by atoms with Gasteiger partial charge >= 0.3 is 0 Å². The lowest BCUT2D eigenvalue weighted by Crippen LogP contribution is -2.24. The molecule has 0 saturated carbocycles. The van der Waals surface area contributed by atoms with Crippen LogP contribution in [0.2, 0.25) is 0 Å². The molecule has 0 spiro atoms. The second kappa shape index (κ2) is 7.18. The largest absolute Gasteiger partial charge is 0.331 e. The molecule has 3 nitrogen and oxygen atoms in total. The Balaban J connectivity index is 1.98. The number of thiocarbonyl (C=S) groups is 1. The topological polar surface area (TPSA) is 36.4 Å². The minimum absolute atomic E-state index is 0.481. The van der Waals surface area contributed by atoms with Crippen LogP contribution in [0.1, 0.15) is 27.8 Å². The molecule has 0 heterocycles. The van der Waals surface area contributed by atoms with Gasteiger partial charge in [0, 0.05) is 5.69 Å². The van der Waals surface area contributed by atoms with Crippen LogP contribution in [0.5, 0.6) is 0 Å². The molecule has 0 aliphatic carbocycles. The summed E-state index contributed by atoms with van der Waals surface area (Å²) in [5.41, 5.74) is 9.79. The van der Waals surface area contributed by atoms with Crippen LogP contribution in [0, 0.1) is 27.7 Å². The summed E-state index contributed by atoms with van der Waals surface area (Å²) in [4.78, 5) is 0. The Morgan fingerprint density at radius 2 is 1.82 bits per heavy atom. The summed E-state index contributed by atoms with van der Waals surface area (Å²) in [6.07, 6.45) is 1.78. The van der Waals surface area contributed by atoms with E-state index in [0.29, 0.717) is 5.11 Å². The van der Waals surface area contributed by atoms with Crippen LogP contribution in [0.15, 0.2) is 41.5 Å². The molecule has 0 fully saturated rings. The fourth-order valence-electron chi connectivity index (χ4n) is 2.17. The van der Waals surface area contributed by atoms with Gasteiger partial charge in [0.2, 0.25) is 0 Å². The number of hydrazone groups is 1. The fourth-order valence-corrected chi connectivity index (χ4v) is 2.33. The predicted octanol–water partition coefficient (Wildman–Crippen LogP) is 4.24. The number of aryl methyl sites for hydroxylation is 3. The first-order valence-electron chi connectivity index (χ1n) is 7.21. The number of benzene rings is 2. The molecule has 0 radical (unpaired) electrons. The number of nitrogens with one attached hydrogen (secondary N) is 2. The number of hydrogen-bond acceptors (Lipinski definition) is 2. The van der Waals surface area contributed by atoms with Gasteiger partial charge < -0.3 is 5.32 Å². The zero-order valence-corrected chi connectivity index (χ0v) is 14.2. The van der Waals surface area contributed by atoms with Gasteiger partial charge in [0.15, 0.2) is 5.11 Å². The molecule has 22 heavy (non-hydrogen) atoms. The van der Waals surface area contributed by atoms with Gasteiger partial charge in [0.25, 0.3) is 0 Å². The second-order valence-electron chi connectivity index (χ2n) is 5.43. The first-order chi connectivity index (χ1) is 10.5. The number of anilines is 1. The number of hydrogen-bond donors (Lipinski definition) is 2. The zero-order chi connectivity index (χ0) is 16.1. The summed E-state index contributed by atoms with van der Waals surface area (Å²) in [5.74, 6) is 0. The average Bonchev–Trinajstić information content (AvgIpc) is 2.46. The van der Waals surface area contributed by atoms with Crippen molar-refractivity contribution in [3.05, 3.63) is 64.2 Å². The molecule has 4 heteroatoms. The van der Waals surface area contributed by atoms with Crippen molar-refractivity contribution in [3.63, 3.8) is 0 Å². The van der Waals surface area contributed by atoms with Gasteiger partial charge in [-0.1, -0.05) is 35.9 Å². The van der Waals surface area contributed by atoms with Crippen molar-refractivity contribution in [2.75, 3.05) is 5.32 Å². The SMILES string of the molecule is Cc1ccc(/C=N\NC(=S)Nc2cccc(C)c2C)c(C)c1. The van der Waals surface area contributed by atoms with Crippen LogP contribution in [0.4, 0.5) is 5.69 Å². The molecule has 0 aliphatic heterocycles. The van der Waals surface area contributed by atoms with Crippen LogP contribution in [-0.2, 0) is 0 Å². The summed E-state index contributed by atoms with van der Waals surface area (Å²) >= 11 is 5.27. The molecule has 114 valence electrons. The van der Waals surface area contributed by atoms with E-state index in [2.05, 4.69) is 67.8 Å². The standard InChI is InChI=1S/C18H21N3S/c1-12-8-9-16(14(3)10-12)11-19-21-18(22)20-17-7-5-6-13(2)15(17)4/h5-11H,1-4H3,(H2,20,21,22)/b19-11-. The lowest BCUT2D eigenvalue weighted by atomic mass is 10.1. The Labute approximate surface area is 137 Å². The van der Waals surface area contributed by atoms with E-state index in [1.165, 1.54) is 22.3 Å². The summed E-state index contributed by atoms with van der Waals surface area (Å²) in [6, 6.07) is 12.3. The quantitative estimate of drug-likeness (QED) is 0.506. The van der Waals surface area contributed by atoms with Crippen molar-refractivity contribution in [2.45, 2.75) is 27.7 Å². The molecule has 0 unspecified atom stereocenters. The van der Waals surface area contributed by atoms with Crippen LogP contribution < -0.4 is 10.7 Å². The highest BCUT2D eigenvalue weighted by Crippen LogP contribution is 2.17. The van der Waals surface area contributed by atoms with Crippen molar-refractivity contribution in [1.82, 2.24) is 5.43 Å². The Bertz CT molecular complexity index is 720. The molecule has 0 atom stereocenters. The van der Waals surface area contributed by atoms with Gasteiger partial charge in [-0.3, -0.25) is 5.43 Å². The lowest BCUT2D eigenvalue weighted by Gasteiger charge is -2.11. The normalized spacial score (nSPS) is 10.7. The van der Waals surface area contributed by atoms with Gasteiger partial charge in [-0.15, -0.1) is 0 Å². The monoisotopic (exact) mass is 311 g/mol. The molecule has 0 saturated heterocycles. The Morgan fingerprint density at radius 3 is 2.55 bits per heavy atom. The maximum Gasteiger partial charge on any atom is 0.191 e. The summed E-state index contributed by atoms with van der Waals surface area (Å²) in [7, 11) is 0. The van der Waals surface area contributed by atoms with Crippen molar-refractivity contribution in [1.29, 1.82) is 0 Å². The lowest BCUT2D eigenvalue weighted by molar-refractivity contribution is 1.05. The van der Waals surface area contributed by atoms with Crippen LogP contribution >= 0.6 is 12.2 Å². The van der Waals surface area contributed by atoms with Crippen LogP contribution in [0.3, 0.4) is 0 Å². The molecule has 0 aromatic heterocycles. The van der Waals surface area contributed by atoms with Gasteiger partial charge in [-0.25, -0.2) is 0 Å². The minimum Gasteiger partial charge on any atom is -0.331 e. The van der Waals surface area contributed by atoms with Gasteiger partial charge in [-0.2, -0.15) is 5.10 Å². The molecule has 2 aromatic rings. The third kappa shape index (κ3) is 4.15. The fraction of sp³-hybridized carbons (Fsp3) is 0.222. The minimum atomic E-state index is 0.481. The highest BCUT2D eigenvalue weighted by molar-refractivity contribution is 7.80. The van der Waals surface area contributed by atoms with Crippen LogP contribution in [-0.4, -0.2) is 11.3 Å². The maximum absolute atomic E-state index is 5.27. The van der Waals surface area contributed by atoms with E-state index in [1.54, 1.807) is 6.21 Å². The molecule has 2 rings (SSSR count). The molecule has 0 bridgehead atoms. The van der Waals surface area contributed by atoms with Gasteiger partial charge in [0.1, 0.15) is 0 Å². The van der Waals surface area contributed by atoms with E-state index in [0.717, 1.165) is 11.3 Å². The van der Waals surface area contributed by atoms with Crippen molar-refractivity contribution >= 4 is 29.2 Å². The van der Waals surface area contributed by atoms with Gasteiger partial charge in [0.05, 0.1) is 6.21 Å².